The van der Waals surface area contributed by atoms with Crippen LogP contribution in [0.3, 0.4) is 0 Å². The second-order valence-corrected chi connectivity index (χ2v) is 9.96. The Hall–Kier alpha value is -2.19. The molecule has 0 atom stereocenters. The number of fused-ring (bicyclic) bond motifs is 1. The predicted octanol–water partition coefficient (Wildman–Crippen LogP) is 3.06. The van der Waals surface area contributed by atoms with E-state index in [4.69, 9.17) is 16.6 Å². The van der Waals surface area contributed by atoms with Gasteiger partial charge in [0, 0.05) is 42.8 Å². The zero-order valence-corrected chi connectivity index (χ0v) is 19.4. The van der Waals surface area contributed by atoms with Crippen LogP contribution in [0.4, 0.5) is 5.95 Å². The molecule has 0 aromatic carbocycles. The fraction of sp³-hybridized carbons (Fsp3) is 0.652. The number of anilines is 1. The summed E-state index contributed by atoms with van der Waals surface area (Å²) in [6, 6.07) is 2.43. The molecule has 3 aliphatic rings. The summed E-state index contributed by atoms with van der Waals surface area (Å²) in [4.78, 5) is 38.6. The maximum atomic E-state index is 12.8. The average molecular weight is 459 g/mol. The number of hydrogen-bond acceptors (Lipinski definition) is 6. The highest BCUT2D eigenvalue weighted by molar-refractivity contribution is 6.31. The number of likely N-dealkylation sites (N-methyl/N-ethyl adjacent to an activating group) is 1. The Morgan fingerprint density at radius 3 is 2.50 bits per heavy atom. The van der Waals surface area contributed by atoms with E-state index in [0.717, 1.165) is 69.8 Å². The van der Waals surface area contributed by atoms with Gasteiger partial charge >= 0.3 is 0 Å². The number of nitrogens with zero attached hydrogens (tertiary/aromatic N) is 5. The molecule has 172 valence electrons. The van der Waals surface area contributed by atoms with Crippen LogP contribution in [0.1, 0.15) is 57.4 Å². The predicted molar refractivity (Wildman–Crippen MR) is 125 cm³/mol. The van der Waals surface area contributed by atoms with Crippen molar-refractivity contribution < 1.29 is 4.79 Å². The molecule has 1 saturated heterocycles. The number of piperazine rings is 1. The Morgan fingerprint density at radius 2 is 1.78 bits per heavy atom. The van der Waals surface area contributed by atoms with Crippen molar-refractivity contribution in [1.29, 1.82) is 0 Å². The molecule has 32 heavy (non-hydrogen) atoms. The van der Waals surface area contributed by atoms with Gasteiger partial charge < -0.3 is 10.2 Å². The molecule has 1 aliphatic heterocycles. The third kappa shape index (κ3) is 4.22. The summed E-state index contributed by atoms with van der Waals surface area (Å²) in [5, 5.41) is 4.51. The Balaban J connectivity index is 1.30. The van der Waals surface area contributed by atoms with Crippen LogP contribution < -0.4 is 10.9 Å². The average Bonchev–Trinajstić information content (AvgIpc) is 3.30. The number of halogens is 1. The normalized spacial score (nSPS) is 25.6. The summed E-state index contributed by atoms with van der Waals surface area (Å²) in [6.45, 7) is 2.30. The zero-order valence-electron chi connectivity index (χ0n) is 18.6. The van der Waals surface area contributed by atoms with Gasteiger partial charge in [0.1, 0.15) is 10.7 Å². The van der Waals surface area contributed by atoms with Gasteiger partial charge in [-0.3, -0.25) is 19.1 Å². The highest BCUT2D eigenvalue weighted by Gasteiger charge is 2.31. The van der Waals surface area contributed by atoms with Gasteiger partial charge in [-0.05, 0) is 51.6 Å². The van der Waals surface area contributed by atoms with Crippen molar-refractivity contribution >= 4 is 34.5 Å². The van der Waals surface area contributed by atoms with Crippen LogP contribution in [0.15, 0.2) is 17.1 Å². The van der Waals surface area contributed by atoms with Crippen molar-refractivity contribution in [2.45, 2.75) is 69.5 Å². The first-order chi connectivity index (χ1) is 15.5. The summed E-state index contributed by atoms with van der Waals surface area (Å²) >= 11 is 6.23. The van der Waals surface area contributed by atoms with Crippen LogP contribution in [0.25, 0.3) is 11.0 Å². The van der Waals surface area contributed by atoms with Gasteiger partial charge in [-0.1, -0.05) is 24.4 Å². The van der Waals surface area contributed by atoms with Crippen molar-refractivity contribution in [1.82, 2.24) is 24.3 Å². The summed E-state index contributed by atoms with van der Waals surface area (Å²) in [7, 11) is 2.00. The van der Waals surface area contributed by atoms with Crippen molar-refractivity contribution in [2.75, 3.05) is 32.0 Å². The number of aromatic nitrogens is 3. The molecule has 5 rings (SSSR count). The van der Waals surface area contributed by atoms with Crippen LogP contribution in [-0.2, 0) is 4.79 Å². The first-order valence-electron chi connectivity index (χ1n) is 11.8. The maximum absolute atomic E-state index is 12.8. The number of nitrogens with one attached hydrogen (secondary N) is 1. The third-order valence-corrected chi connectivity index (χ3v) is 7.61. The number of amides is 1. The quantitative estimate of drug-likeness (QED) is 0.758. The van der Waals surface area contributed by atoms with Crippen molar-refractivity contribution in [3.63, 3.8) is 0 Å². The van der Waals surface area contributed by atoms with Crippen molar-refractivity contribution in [2.24, 2.45) is 0 Å². The Morgan fingerprint density at radius 1 is 1.03 bits per heavy atom. The molecule has 0 bridgehead atoms. The van der Waals surface area contributed by atoms with Crippen molar-refractivity contribution in [3.8, 4) is 0 Å². The lowest BCUT2D eigenvalue weighted by Crippen LogP contribution is -2.54. The van der Waals surface area contributed by atoms with Crippen LogP contribution in [0.5, 0.6) is 0 Å². The van der Waals surface area contributed by atoms with Crippen LogP contribution in [-0.4, -0.2) is 69.0 Å². The minimum Gasteiger partial charge on any atom is -0.351 e. The molecule has 0 radical (unpaired) electrons. The summed E-state index contributed by atoms with van der Waals surface area (Å²) in [5.41, 5.74) is 0.508. The minimum atomic E-state index is -0.159. The lowest BCUT2D eigenvalue weighted by Gasteiger charge is -2.41. The van der Waals surface area contributed by atoms with Gasteiger partial charge in [-0.2, -0.15) is 4.98 Å². The molecule has 2 aromatic heterocycles. The molecule has 2 aromatic rings. The second-order valence-electron chi connectivity index (χ2n) is 9.55. The van der Waals surface area contributed by atoms with Gasteiger partial charge in [-0.25, -0.2) is 4.98 Å². The number of carbonyl (C=O) groups is 1. The van der Waals surface area contributed by atoms with Crippen LogP contribution in [0.2, 0.25) is 5.02 Å². The molecule has 0 spiro atoms. The molecule has 8 nitrogen and oxygen atoms in total. The van der Waals surface area contributed by atoms with Crippen LogP contribution in [0, 0.1) is 0 Å². The molecule has 1 N–H and O–H groups in total. The molecule has 9 heteroatoms. The topological polar surface area (TPSA) is 83.4 Å². The first kappa shape index (κ1) is 21.6. The number of hydrogen-bond donors (Lipinski definition) is 1. The number of carbonyl (C=O) groups excluding carboxylic acids is 1. The summed E-state index contributed by atoms with van der Waals surface area (Å²) < 4.78 is 1.79. The summed E-state index contributed by atoms with van der Waals surface area (Å²) in [6.07, 6.45) is 9.90. The first-order valence-corrected chi connectivity index (χ1v) is 12.2. The molecule has 2 aliphatic carbocycles. The van der Waals surface area contributed by atoms with Crippen molar-refractivity contribution in [3.05, 3.63) is 27.6 Å². The second kappa shape index (κ2) is 8.98. The Bertz CT molecular complexity index is 1060. The SMILES string of the molecule is CN1CCN([C@H]2CC[C@@H](Nc3ncc4cc(Cl)c(=O)n(C5CCCC5)c4n3)CC2)C(=O)C1. The summed E-state index contributed by atoms with van der Waals surface area (Å²) in [5.74, 6) is 0.807. The van der Waals surface area contributed by atoms with E-state index in [0.29, 0.717) is 24.2 Å². The van der Waals surface area contributed by atoms with Gasteiger partial charge in [-0.15, -0.1) is 0 Å². The lowest BCUT2D eigenvalue weighted by atomic mass is 9.90. The molecule has 3 heterocycles. The number of pyridine rings is 1. The van der Waals surface area contributed by atoms with E-state index < -0.39 is 0 Å². The fourth-order valence-electron chi connectivity index (χ4n) is 5.56. The van der Waals surface area contributed by atoms with E-state index >= 15 is 0 Å². The monoisotopic (exact) mass is 458 g/mol. The molecule has 1 amide bonds. The minimum absolute atomic E-state index is 0.156. The number of rotatable bonds is 4. The van der Waals surface area contributed by atoms with E-state index in [-0.39, 0.29) is 28.6 Å². The molecule has 3 fully saturated rings. The highest BCUT2D eigenvalue weighted by atomic mass is 35.5. The smallest absolute Gasteiger partial charge is 0.271 e. The molecular formula is C23H31ClN6O2. The largest absolute Gasteiger partial charge is 0.351 e. The third-order valence-electron chi connectivity index (χ3n) is 7.34. The molecule has 2 saturated carbocycles. The van der Waals surface area contributed by atoms with Gasteiger partial charge in [0.15, 0.2) is 0 Å². The fourth-order valence-corrected chi connectivity index (χ4v) is 5.77. The maximum Gasteiger partial charge on any atom is 0.271 e. The standard InChI is InChI=1S/C23H31ClN6O2/c1-28-10-11-29(20(31)14-28)17-8-6-16(7-9-17)26-23-25-13-15-12-19(24)22(32)30(21(15)27-23)18-4-2-3-5-18/h12-13,16-18H,2-11,14H2,1H3,(H,25,26,27)/t16-,17+. The zero-order chi connectivity index (χ0) is 22.2. The van der Waals surface area contributed by atoms with Gasteiger partial charge in [0.2, 0.25) is 11.9 Å². The Labute approximate surface area is 192 Å². The van der Waals surface area contributed by atoms with Crippen LogP contribution >= 0.6 is 11.6 Å². The van der Waals surface area contributed by atoms with E-state index in [2.05, 4.69) is 20.1 Å². The van der Waals surface area contributed by atoms with E-state index in [1.54, 1.807) is 16.8 Å². The van der Waals surface area contributed by atoms with Gasteiger partial charge in [0.05, 0.1) is 6.54 Å². The highest BCUT2D eigenvalue weighted by Crippen LogP contribution is 2.31. The molecular weight excluding hydrogens is 428 g/mol. The van der Waals surface area contributed by atoms with E-state index in [1.165, 1.54) is 0 Å². The van der Waals surface area contributed by atoms with E-state index in [1.807, 2.05) is 7.05 Å². The van der Waals surface area contributed by atoms with E-state index in [9.17, 15) is 9.59 Å². The van der Waals surface area contributed by atoms with Gasteiger partial charge in [0.25, 0.3) is 5.56 Å². The lowest BCUT2D eigenvalue weighted by molar-refractivity contribution is -0.138. The Kier molecular flexibility index (Phi) is 6.07. The molecule has 0 unspecified atom stereocenters.